The molecular weight excluding hydrogens is 313 g/mol. The molecule has 5 nitrogen and oxygen atoms in total. The Morgan fingerprint density at radius 2 is 1.71 bits per heavy atom. The summed E-state index contributed by atoms with van der Waals surface area (Å²) in [4.78, 5) is 16.0. The molecule has 7 heteroatoms. The number of nitrogens with zero attached hydrogens (tertiary/aromatic N) is 2. The van der Waals surface area contributed by atoms with Gasteiger partial charge in [-0.3, -0.25) is 4.79 Å². The van der Waals surface area contributed by atoms with E-state index < -0.39 is 0 Å². The van der Waals surface area contributed by atoms with Gasteiger partial charge in [0.2, 0.25) is 5.91 Å². The van der Waals surface area contributed by atoms with Crippen LogP contribution in [0, 0.1) is 0 Å². The molecule has 1 aliphatic rings. The molecule has 0 aliphatic carbocycles. The molecule has 0 radical (unpaired) electrons. The number of amides is 1. The van der Waals surface area contributed by atoms with Gasteiger partial charge in [-0.1, -0.05) is 6.92 Å². The van der Waals surface area contributed by atoms with E-state index in [0.29, 0.717) is 19.5 Å². The van der Waals surface area contributed by atoms with Crippen LogP contribution in [0.15, 0.2) is 24.3 Å². The number of halogens is 2. The SMILES string of the molecule is CC[C@H](N)C(=O)N1CCN(c2ccc(O)cc2)CC1.Cl.Cl. The van der Waals surface area contributed by atoms with E-state index in [0.717, 1.165) is 18.8 Å². The standard InChI is InChI=1S/C14H21N3O2.2ClH/c1-2-13(15)14(19)17-9-7-16(8-10-17)11-3-5-12(18)6-4-11;;/h3-6,13,18H,2,7-10,15H2,1H3;2*1H/t13-;;/m0../s1. The van der Waals surface area contributed by atoms with Crippen LogP contribution in [-0.4, -0.2) is 48.1 Å². The van der Waals surface area contributed by atoms with Crippen molar-refractivity contribution in [3.8, 4) is 5.75 Å². The number of benzene rings is 1. The average molecular weight is 336 g/mol. The molecule has 0 unspecified atom stereocenters. The van der Waals surface area contributed by atoms with E-state index in [1.54, 1.807) is 12.1 Å². The maximum Gasteiger partial charge on any atom is 0.239 e. The number of aromatic hydroxyl groups is 1. The second-order valence-electron chi connectivity index (χ2n) is 4.84. The summed E-state index contributed by atoms with van der Waals surface area (Å²) in [6.45, 7) is 4.93. The third-order valence-electron chi connectivity index (χ3n) is 3.56. The van der Waals surface area contributed by atoms with Crippen LogP contribution in [-0.2, 0) is 4.79 Å². The number of nitrogens with two attached hydrogens (primary N) is 1. The molecule has 1 fully saturated rings. The van der Waals surface area contributed by atoms with Gasteiger partial charge in [0, 0.05) is 31.9 Å². The fraction of sp³-hybridized carbons (Fsp3) is 0.500. The molecule has 0 spiro atoms. The van der Waals surface area contributed by atoms with Crippen LogP contribution in [0.5, 0.6) is 5.75 Å². The lowest BCUT2D eigenvalue weighted by Gasteiger charge is -2.37. The Morgan fingerprint density at radius 3 is 2.19 bits per heavy atom. The number of carbonyl (C=O) groups excluding carboxylic acids is 1. The summed E-state index contributed by atoms with van der Waals surface area (Å²) in [5, 5.41) is 9.27. The third-order valence-corrected chi connectivity index (χ3v) is 3.56. The molecule has 0 saturated carbocycles. The fourth-order valence-corrected chi connectivity index (χ4v) is 2.26. The van der Waals surface area contributed by atoms with Crippen molar-refractivity contribution in [3.05, 3.63) is 24.3 Å². The Morgan fingerprint density at radius 1 is 1.19 bits per heavy atom. The number of carbonyl (C=O) groups is 1. The minimum absolute atomic E-state index is 0. The number of phenols is 1. The van der Waals surface area contributed by atoms with Gasteiger partial charge < -0.3 is 20.6 Å². The molecule has 1 aliphatic heterocycles. The van der Waals surface area contributed by atoms with Crippen molar-refractivity contribution >= 4 is 36.4 Å². The molecule has 1 heterocycles. The number of hydrogen-bond donors (Lipinski definition) is 2. The lowest BCUT2D eigenvalue weighted by molar-refractivity contribution is -0.132. The second kappa shape index (κ2) is 8.97. The van der Waals surface area contributed by atoms with Crippen molar-refractivity contribution in [2.24, 2.45) is 5.73 Å². The van der Waals surface area contributed by atoms with Crippen LogP contribution in [0.4, 0.5) is 5.69 Å². The predicted molar refractivity (Wildman–Crippen MR) is 89.7 cm³/mol. The lowest BCUT2D eigenvalue weighted by Crippen LogP contribution is -2.53. The molecule has 1 amide bonds. The molecule has 1 saturated heterocycles. The molecule has 3 N–H and O–H groups in total. The Bertz CT molecular complexity index is 434. The van der Waals surface area contributed by atoms with Crippen LogP contribution in [0.25, 0.3) is 0 Å². The zero-order valence-electron chi connectivity index (χ0n) is 12.1. The molecule has 0 bridgehead atoms. The van der Waals surface area contributed by atoms with Crippen molar-refractivity contribution in [1.29, 1.82) is 0 Å². The number of piperazine rings is 1. The molecule has 0 aromatic heterocycles. The molecule has 1 aromatic rings. The van der Waals surface area contributed by atoms with E-state index in [2.05, 4.69) is 4.90 Å². The fourth-order valence-electron chi connectivity index (χ4n) is 2.26. The predicted octanol–water partition coefficient (Wildman–Crippen LogP) is 1.62. The molecule has 1 atom stereocenters. The van der Waals surface area contributed by atoms with Gasteiger partial charge in [-0.15, -0.1) is 24.8 Å². The van der Waals surface area contributed by atoms with Crippen molar-refractivity contribution in [2.45, 2.75) is 19.4 Å². The molecule has 120 valence electrons. The van der Waals surface area contributed by atoms with E-state index in [4.69, 9.17) is 5.73 Å². The molecule has 1 aromatic carbocycles. The third kappa shape index (κ3) is 4.95. The first-order chi connectivity index (χ1) is 9.11. The summed E-state index contributed by atoms with van der Waals surface area (Å²) >= 11 is 0. The van der Waals surface area contributed by atoms with Crippen molar-refractivity contribution < 1.29 is 9.90 Å². The van der Waals surface area contributed by atoms with Gasteiger partial charge in [0.25, 0.3) is 0 Å². The number of hydrogen-bond acceptors (Lipinski definition) is 4. The largest absolute Gasteiger partial charge is 0.508 e. The van der Waals surface area contributed by atoms with Gasteiger partial charge in [-0.25, -0.2) is 0 Å². The number of rotatable bonds is 3. The smallest absolute Gasteiger partial charge is 0.239 e. The van der Waals surface area contributed by atoms with Crippen molar-refractivity contribution in [1.82, 2.24) is 4.90 Å². The summed E-state index contributed by atoms with van der Waals surface area (Å²) in [6, 6.07) is 6.77. The molecule has 2 rings (SSSR count). The summed E-state index contributed by atoms with van der Waals surface area (Å²) < 4.78 is 0. The Labute approximate surface area is 137 Å². The second-order valence-corrected chi connectivity index (χ2v) is 4.84. The van der Waals surface area contributed by atoms with E-state index in [1.165, 1.54) is 0 Å². The molecular formula is C14H23Cl2N3O2. The Balaban J connectivity index is 0.00000200. The van der Waals surface area contributed by atoms with Crippen molar-refractivity contribution in [3.63, 3.8) is 0 Å². The summed E-state index contributed by atoms with van der Waals surface area (Å²) in [5.41, 5.74) is 6.85. The van der Waals surface area contributed by atoms with Crippen LogP contribution in [0.1, 0.15) is 13.3 Å². The zero-order chi connectivity index (χ0) is 13.8. The van der Waals surface area contributed by atoms with Gasteiger partial charge in [-0.05, 0) is 30.7 Å². The number of phenolic OH excluding ortho intramolecular Hbond substituents is 1. The lowest BCUT2D eigenvalue weighted by atomic mass is 10.2. The highest BCUT2D eigenvalue weighted by Gasteiger charge is 2.24. The van der Waals surface area contributed by atoms with E-state index in [1.807, 2.05) is 24.0 Å². The van der Waals surface area contributed by atoms with Crippen LogP contribution < -0.4 is 10.6 Å². The van der Waals surface area contributed by atoms with Gasteiger partial charge in [-0.2, -0.15) is 0 Å². The van der Waals surface area contributed by atoms with Crippen LogP contribution >= 0.6 is 24.8 Å². The van der Waals surface area contributed by atoms with Crippen LogP contribution in [0.2, 0.25) is 0 Å². The van der Waals surface area contributed by atoms with E-state index >= 15 is 0 Å². The number of anilines is 1. The summed E-state index contributed by atoms with van der Waals surface area (Å²) in [6.07, 6.45) is 0.678. The minimum atomic E-state index is -0.375. The van der Waals surface area contributed by atoms with Crippen LogP contribution in [0.3, 0.4) is 0 Å². The normalized spacial score (nSPS) is 15.7. The van der Waals surface area contributed by atoms with E-state index in [-0.39, 0.29) is 42.5 Å². The average Bonchev–Trinajstić information content (AvgIpc) is 2.46. The first kappa shape index (κ1) is 19.8. The summed E-state index contributed by atoms with van der Waals surface area (Å²) in [7, 11) is 0. The van der Waals surface area contributed by atoms with E-state index in [9.17, 15) is 9.90 Å². The maximum atomic E-state index is 12.0. The Kier molecular flexibility index (Phi) is 8.47. The monoisotopic (exact) mass is 335 g/mol. The van der Waals surface area contributed by atoms with Crippen molar-refractivity contribution in [2.75, 3.05) is 31.1 Å². The summed E-state index contributed by atoms with van der Waals surface area (Å²) in [5.74, 6) is 0.319. The van der Waals surface area contributed by atoms with Gasteiger partial charge >= 0.3 is 0 Å². The highest BCUT2D eigenvalue weighted by molar-refractivity contribution is 5.85. The Hall–Kier alpha value is -1.17. The first-order valence-corrected chi connectivity index (χ1v) is 6.70. The maximum absolute atomic E-state index is 12.0. The molecule has 21 heavy (non-hydrogen) atoms. The first-order valence-electron chi connectivity index (χ1n) is 6.70. The highest BCUT2D eigenvalue weighted by Crippen LogP contribution is 2.19. The quantitative estimate of drug-likeness (QED) is 0.880. The van der Waals surface area contributed by atoms with Gasteiger partial charge in [0.1, 0.15) is 5.75 Å². The highest BCUT2D eigenvalue weighted by atomic mass is 35.5. The van der Waals surface area contributed by atoms with Gasteiger partial charge in [0.05, 0.1) is 6.04 Å². The van der Waals surface area contributed by atoms with Gasteiger partial charge in [0.15, 0.2) is 0 Å². The topological polar surface area (TPSA) is 69.8 Å². The minimum Gasteiger partial charge on any atom is -0.508 e. The zero-order valence-corrected chi connectivity index (χ0v) is 13.7.